The van der Waals surface area contributed by atoms with Crippen LogP contribution in [-0.4, -0.2) is 30.1 Å². The number of amides is 1. The van der Waals surface area contributed by atoms with Crippen LogP contribution >= 0.6 is 0 Å². The van der Waals surface area contributed by atoms with Crippen LogP contribution < -0.4 is 10.1 Å². The number of benzene rings is 2. The van der Waals surface area contributed by atoms with Gasteiger partial charge in [-0.1, -0.05) is 49.4 Å². The number of rotatable bonds is 9. The Morgan fingerprint density at radius 1 is 1.08 bits per heavy atom. The van der Waals surface area contributed by atoms with Crippen LogP contribution in [0.5, 0.6) is 5.75 Å². The van der Waals surface area contributed by atoms with Crippen molar-refractivity contribution < 1.29 is 19.4 Å². The summed E-state index contributed by atoms with van der Waals surface area (Å²) in [6.07, 6.45) is 1.30. The van der Waals surface area contributed by atoms with E-state index < -0.39 is 12.0 Å². The van der Waals surface area contributed by atoms with Crippen LogP contribution in [0.25, 0.3) is 0 Å². The van der Waals surface area contributed by atoms with Crippen molar-refractivity contribution in [1.82, 2.24) is 5.32 Å². The summed E-state index contributed by atoms with van der Waals surface area (Å²) in [7, 11) is 1.61. The minimum Gasteiger partial charge on any atom is -0.497 e. The number of carboxylic acid groups (broad SMARTS) is 1. The Morgan fingerprint density at radius 2 is 1.73 bits per heavy atom. The van der Waals surface area contributed by atoms with Gasteiger partial charge < -0.3 is 15.2 Å². The van der Waals surface area contributed by atoms with Crippen LogP contribution in [0, 0.1) is 0 Å². The van der Waals surface area contributed by atoms with E-state index in [1.807, 2.05) is 61.5 Å². The van der Waals surface area contributed by atoms with Gasteiger partial charge >= 0.3 is 5.97 Å². The second kappa shape index (κ2) is 9.61. The van der Waals surface area contributed by atoms with Crippen molar-refractivity contribution in [3.8, 4) is 5.75 Å². The molecule has 26 heavy (non-hydrogen) atoms. The first kappa shape index (κ1) is 19.5. The van der Waals surface area contributed by atoms with E-state index in [-0.39, 0.29) is 24.7 Å². The number of hydrogen-bond donors (Lipinski definition) is 2. The highest BCUT2D eigenvalue weighted by Crippen LogP contribution is 2.25. The van der Waals surface area contributed by atoms with Crippen LogP contribution in [-0.2, 0) is 16.0 Å². The Hall–Kier alpha value is -2.82. The smallest absolute Gasteiger partial charge is 0.326 e. The highest BCUT2D eigenvalue weighted by molar-refractivity contribution is 5.84. The van der Waals surface area contributed by atoms with Crippen molar-refractivity contribution >= 4 is 11.9 Å². The molecule has 2 rings (SSSR count). The lowest BCUT2D eigenvalue weighted by molar-refractivity contribution is -0.141. The molecule has 0 aromatic heterocycles. The molecule has 2 aromatic carbocycles. The molecule has 1 amide bonds. The molecule has 0 radical (unpaired) electrons. The lowest BCUT2D eigenvalue weighted by Gasteiger charge is -2.19. The zero-order chi connectivity index (χ0) is 18.9. The van der Waals surface area contributed by atoms with E-state index in [1.54, 1.807) is 7.11 Å². The van der Waals surface area contributed by atoms with E-state index in [4.69, 9.17) is 4.74 Å². The first-order valence-electron chi connectivity index (χ1n) is 8.73. The average Bonchev–Trinajstić information content (AvgIpc) is 2.66. The van der Waals surface area contributed by atoms with Gasteiger partial charge in [0.05, 0.1) is 7.11 Å². The second-order valence-electron chi connectivity index (χ2n) is 6.23. The molecule has 138 valence electrons. The maximum absolute atomic E-state index is 12.4. The standard InChI is InChI=1S/C21H25NO4/c1-3-16(17-9-11-18(26-2)12-10-17)14-20(23)22-19(21(24)25)13-15-7-5-4-6-8-15/h4-12,16,19H,3,13-14H2,1-2H3,(H,22,23)(H,24,25). The Balaban J connectivity index is 1.99. The van der Waals surface area contributed by atoms with Gasteiger partial charge in [-0.25, -0.2) is 4.79 Å². The average molecular weight is 355 g/mol. The maximum Gasteiger partial charge on any atom is 0.326 e. The van der Waals surface area contributed by atoms with Gasteiger partial charge in [-0.3, -0.25) is 4.79 Å². The predicted molar refractivity (Wildman–Crippen MR) is 100 cm³/mol. The number of aliphatic carboxylic acids is 1. The van der Waals surface area contributed by atoms with Crippen molar-refractivity contribution in [3.63, 3.8) is 0 Å². The summed E-state index contributed by atoms with van der Waals surface area (Å²) in [6.45, 7) is 2.01. The lowest BCUT2D eigenvalue weighted by atomic mass is 9.92. The van der Waals surface area contributed by atoms with Crippen LogP contribution in [0.2, 0.25) is 0 Å². The summed E-state index contributed by atoms with van der Waals surface area (Å²) < 4.78 is 5.15. The van der Waals surface area contributed by atoms with Crippen LogP contribution in [0.3, 0.4) is 0 Å². The quantitative estimate of drug-likeness (QED) is 0.723. The zero-order valence-corrected chi connectivity index (χ0v) is 15.1. The summed E-state index contributed by atoms with van der Waals surface area (Å²) >= 11 is 0. The first-order chi connectivity index (χ1) is 12.5. The van der Waals surface area contributed by atoms with Crippen LogP contribution in [0.4, 0.5) is 0 Å². The molecule has 5 heteroatoms. The number of hydrogen-bond acceptors (Lipinski definition) is 3. The van der Waals surface area contributed by atoms with Crippen molar-refractivity contribution in [2.45, 2.75) is 38.1 Å². The Kier molecular flexibility index (Phi) is 7.21. The van der Waals surface area contributed by atoms with E-state index in [1.165, 1.54) is 0 Å². The largest absolute Gasteiger partial charge is 0.497 e. The van der Waals surface area contributed by atoms with Gasteiger partial charge in [-0.05, 0) is 35.6 Å². The van der Waals surface area contributed by atoms with Gasteiger partial charge in [-0.2, -0.15) is 0 Å². The van der Waals surface area contributed by atoms with Gasteiger partial charge in [0, 0.05) is 12.8 Å². The third-order valence-corrected chi connectivity index (χ3v) is 4.43. The van der Waals surface area contributed by atoms with Crippen LogP contribution in [0.1, 0.15) is 36.8 Å². The molecular weight excluding hydrogens is 330 g/mol. The van der Waals surface area contributed by atoms with E-state index in [9.17, 15) is 14.7 Å². The third-order valence-electron chi connectivity index (χ3n) is 4.43. The monoisotopic (exact) mass is 355 g/mol. The third kappa shape index (κ3) is 5.62. The topological polar surface area (TPSA) is 75.6 Å². The van der Waals surface area contributed by atoms with Crippen LogP contribution in [0.15, 0.2) is 54.6 Å². The van der Waals surface area contributed by atoms with Gasteiger partial charge in [0.2, 0.25) is 5.91 Å². The predicted octanol–water partition coefficient (Wildman–Crippen LogP) is 3.39. The molecule has 0 aliphatic carbocycles. The molecule has 0 saturated carbocycles. The fraction of sp³-hybridized carbons (Fsp3) is 0.333. The fourth-order valence-corrected chi connectivity index (χ4v) is 2.90. The second-order valence-corrected chi connectivity index (χ2v) is 6.23. The normalized spacial score (nSPS) is 12.8. The van der Waals surface area contributed by atoms with Crippen molar-refractivity contribution in [3.05, 3.63) is 65.7 Å². The molecule has 0 fully saturated rings. The maximum atomic E-state index is 12.4. The minimum atomic E-state index is -1.03. The molecule has 0 saturated heterocycles. The molecule has 5 nitrogen and oxygen atoms in total. The molecule has 2 unspecified atom stereocenters. The molecule has 0 heterocycles. The number of carboxylic acids is 1. The lowest BCUT2D eigenvalue weighted by Crippen LogP contribution is -2.42. The highest BCUT2D eigenvalue weighted by atomic mass is 16.5. The van der Waals surface area contributed by atoms with E-state index in [2.05, 4.69) is 5.32 Å². The number of nitrogens with one attached hydrogen (secondary N) is 1. The zero-order valence-electron chi connectivity index (χ0n) is 15.1. The number of carbonyl (C=O) groups is 2. The van der Waals surface area contributed by atoms with Crippen molar-refractivity contribution in [2.75, 3.05) is 7.11 Å². The number of methoxy groups -OCH3 is 1. The Morgan fingerprint density at radius 3 is 2.27 bits per heavy atom. The van der Waals surface area contributed by atoms with E-state index in [0.29, 0.717) is 0 Å². The van der Waals surface area contributed by atoms with Gasteiger partial charge in [0.1, 0.15) is 11.8 Å². The summed E-state index contributed by atoms with van der Waals surface area (Å²) in [4.78, 5) is 23.9. The first-order valence-corrected chi connectivity index (χ1v) is 8.73. The summed E-state index contributed by atoms with van der Waals surface area (Å²) in [5.41, 5.74) is 1.92. The number of ether oxygens (including phenoxy) is 1. The summed E-state index contributed by atoms with van der Waals surface area (Å²) in [5, 5.41) is 12.1. The molecule has 0 spiro atoms. The molecule has 2 aromatic rings. The molecule has 2 atom stereocenters. The summed E-state index contributed by atoms with van der Waals surface area (Å²) in [5.74, 6) is -0.482. The van der Waals surface area contributed by atoms with Gasteiger partial charge in [0.25, 0.3) is 0 Å². The molecule has 0 aliphatic heterocycles. The van der Waals surface area contributed by atoms with Crippen molar-refractivity contribution in [2.24, 2.45) is 0 Å². The van der Waals surface area contributed by atoms with Crippen molar-refractivity contribution in [1.29, 1.82) is 0 Å². The van der Waals surface area contributed by atoms with E-state index in [0.717, 1.165) is 23.3 Å². The summed E-state index contributed by atoms with van der Waals surface area (Å²) in [6, 6.07) is 16.0. The SMILES string of the molecule is CCC(CC(=O)NC(Cc1ccccc1)C(=O)O)c1ccc(OC)cc1. The molecular formula is C21H25NO4. The molecule has 2 N–H and O–H groups in total. The van der Waals surface area contributed by atoms with Gasteiger partial charge in [0.15, 0.2) is 0 Å². The number of carbonyl (C=O) groups excluding carboxylic acids is 1. The van der Waals surface area contributed by atoms with E-state index >= 15 is 0 Å². The Labute approximate surface area is 154 Å². The Bertz CT molecular complexity index is 713. The molecule has 0 bridgehead atoms. The van der Waals surface area contributed by atoms with Gasteiger partial charge in [-0.15, -0.1) is 0 Å². The fourth-order valence-electron chi connectivity index (χ4n) is 2.90. The minimum absolute atomic E-state index is 0.0343. The molecule has 0 aliphatic rings. The highest BCUT2D eigenvalue weighted by Gasteiger charge is 2.22.